The first-order valence-electron chi connectivity index (χ1n) is 5.79. The van der Waals surface area contributed by atoms with E-state index in [9.17, 15) is 4.79 Å². The number of para-hydroxylation sites is 1. The van der Waals surface area contributed by atoms with Crippen LogP contribution in [0.25, 0.3) is 10.9 Å². The maximum Gasteiger partial charge on any atom is 0.152 e. The topological polar surface area (TPSA) is 22.0 Å². The number of hydrogen-bond acceptors (Lipinski definition) is 1. The average Bonchev–Trinajstić information content (AvgIpc) is 2.72. The minimum absolute atomic E-state index is 0.635. The summed E-state index contributed by atoms with van der Waals surface area (Å²) in [5.41, 5.74) is 1.85. The zero-order valence-electron chi connectivity index (χ0n) is 9.81. The van der Waals surface area contributed by atoms with Gasteiger partial charge in [0.05, 0.1) is 5.52 Å². The molecule has 0 radical (unpaired) electrons. The van der Waals surface area contributed by atoms with Gasteiger partial charge in [0, 0.05) is 23.7 Å². The summed E-state index contributed by atoms with van der Waals surface area (Å²) in [6, 6.07) is 7.93. The van der Waals surface area contributed by atoms with E-state index in [0.29, 0.717) is 5.92 Å². The Hall–Kier alpha value is -1.57. The van der Waals surface area contributed by atoms with E-state index in [-0.39, 0.29) is 0 Å². The van der Waals surface area contributed by atoms with E-state index in [2.05, 4.69) is 36.7 Å². The van der Waals surface area contributed by atoms with Crippen molar-refractivity contribution in [3.8, 4) is 0 Å². The number of benzene rings is 1. The van der Waals surface area contributed by atoms with Crippen LogP contribution >= 0.6 is 0 Å². The Morgan fingerprint density at radius 2 is 2.19 bits per heavy atom. The molecule has 2 aromatic rings. The maximum atomic E-state index is 11.0. The van der Waals surface area contributed by atoms with Crippen LogP contribution in [0.2, 0.25) is 0 Å². The molecule has 84 valence electrons. The highest BCUT2D eigenvalue weighted by Crippen LogP contribution is 2.20. The van der Waals surface area contributed by atoms with Gasteiger partial charge in [0.25, 0.3) is 0 Å². The molecule has 0 saturated heterocycles. The molecule has 0 aliphatic heterocycles. The fraction of sp³-hybridized carbons (Fsp3) is 0.357. The SMILES string of the molecule is CCC(C)Cn1ccc2cccc(C=O)c21. The Kier molecular flexibility index (Phi) is 3.09. The van der Waals surface area contributed by atoms with E-state index in [1.54, 1.807) is 0 Å². The lowest BCUT2D eigenvalue weighted by Gasteiger charge is -2.11. The van der Waals surface area contributed by atoms with Crippen molar-refractivity contribution >= 4 is 17.2 Å². The van der Waals surface area contributed by atoms with Gasteiger partial charge in [0.2, 0.25) is 0 Å². The van der Waals surface area contributed by atoms with E-state index < -0.39 is 0 Å². The van der Waals surface area contributed by atoms with Gasteiger partial charge < -0.3 is 4.57 Å². The second-order valence-corrected chi connectivity index (χ2v) is 4.38. The molecule has 0 saturated carbocycles. The lowest BCUT2D eigenvalue weighted by Crippen LogP contribution is -2.06. The highest BCUT2D eigenvalue weighted by Gasteiger charge is 2.07. The van der Waals surface area contributed by atoms with Gasteiger partial charge in [-0.05, 0) is 18.1 Å². The average molecular weight is 215 g/mol. The molecule has 0 aliphatic rings. The Balaban J connectivity index is 2.49. The predicted molar refractivity (Wildman–Crippen MR) is 66.8 cm³/mol. The fourth-order valence-electron chi connectivity index (χ4n) is 2.00. The molecule has 0 N–H and O–H groups in total. The van der Waals surface area contributed by atoms with Gasteiger partial charge >= 0.3 is 0 Å². The van der Waals surface area contributed by atoms with E-state index in [0.717, 1.165) is 35.7 Å². The lowest BCUT2D eigenvalue weighted by atomic mass is 10.1. The van der Waals surface area contributed by atoms with Gasteiger partial charge in [-0.25, -0.2) is 0 Å². The standard InChI is InChI=1S/C14H17NO/c1-3-11(2)9-15-8-7-12-5-4-6-13(10-16)14(12)15/h4-8,10-11H,3,9H2,1-2H3. The Morgan fingerprint density at radius 3 is 2.88 bits per heavy atom. The van der Waals surface area contributed by atoms with Crippen molar-refractivity contribution in [1.29, 1.82) is 0 Å². The van der Waals surface area contributed by atoms with Crippen molar-refractivity contribution in [1.82, 2.24) is 4.57 Å². The molecule has 1 aromatic carbocycles. The Morgan fingerprint density at radius 1 is 1.38 bits per heavy atom. The number of nitrogens with zero attached hydrogens (tertiary/aromatic N) is 1. The Bertz CT molecular complexity index is 498. The molecule has 16 heavy (non-hydrogen) atoms. The third kappa shape index (κ3) is 1.87. The molecule has 0 amide bonds. The van der Waals surface area contributed by atoms with Crippen molar-refractivity contribution in [2.75, 3.05) is 0 Å². The summed E-state index contributed by atoms with van der Waals surface area (Å²) in [6.45, 7) is 5.40. The number of fused-ring (bicyclic) bond motifs is 1. The van der Waals surface area contributed by atoms with Crippen LogP contribution in [-0.2, 0) is 6.54 Å². The number of aromatic nitrogens is 1. The van der Waals surface area contributed by atoms with Gasteiger partial charge in [-0.1, -0.05) is 32.4 Å². The minimum Gasteiger partial charge on any atom is -0.347 e. The normalized spacial score (nSPS) is 12.9. The smallest absolute Gasteiger partial charge is 0.152 e. The number of aldehydes is 1. The molecule has 2 heteroatoms. The number of carbonyl (C=O) groups excluding carboxylic acids is 1. The highest BCUT2D eigenvalue weighted by atomic mass is 16.1. The molecule has 0 spiro atoms. The van der Waals surface area contributed by atoms with Gasteiger partial charge in [0.1, 0.15) is 0 Å². The van der Waals surface area contributed by atoms with Crippen molar-refractivity contribution < 1.29 is 4.79 Å². The van der Waals surface area contributed by atoms with Gasteiger partial charge in [-0.2, -0.15) is 0 Å². The first kappa shape index (κ1) is 10.9. The number of carbonyl (C=O) groups is 1. The first-order chi connectivity index (χ1) is 7.76. The van der Waals surface area contributed by atoms with Crippen LogP contribution in [0.1, 0.15) is 30.6 Å². The second-order valence-electron chi connectivity index (χ2n) is 4.38. The van der Waals surface area contributed by atoms with E-state index in [4.69, 9.17) is 0 Å². The molecule has 0 bridgehead atoms. The fourth-order valence-corrected chi connectivity index (χ4v) is 2.00. The molecule has 0 fully saturated rings. The first-order valence-corrected chi connectivity index (χ1v) is 5.79. The molecule has 1 aromatic heterocycles. The third-order valence-corrected chi connectivity index (χ3v) is 3.15. The second kappa shape index (κ2) is 4.52. The van der Waals surface area contributed by atoms with Crippen LogP contribution in [0.5, 0.6) is 0 Å². The molecule has 1 atom stereocenters. The van der Waals surface area contributed by atoms with E-state index in [1.807, 2.05) is 12.1 Å². The van der Waals surface area contributed by atoms with Crippen molar-refractivity contribution in [2.24, 2.45) is 5.92 Å². The number of rotatable bonds is 4. The lowest BCUT2D eigenvalue weighted by molar-refractivity contribution is 0.112. The highest BCUT2D eigenvalue weighted by molar-refractivity contribution is 5.96. The van der Waals surface area contributed by atoms with Crippen molar-refractivity contribution in [2.45, 2.75) is 26.8 Å². The van der Waals surface area contributed by atoms with Crippen LogP contribution in [0.15, 0.2) is 30.5 Å². The van der Waals surface area contributed by atoms with Gasteiger partial charge in [-0.3, -0.25) is 4.79 Å². The summed E-state index contributed by atoms with van der Waals surface area (Å²) in [5.74, 6) is 0.635. The Labute approximate surface area is 95.9 Å². The minimum atomic E-state index is 0.635. The molecule has 1 unspecified atom stereocenters. The summed E-state index contributed by atoms with van der Waals surface area (Å²) in [6.07, 6.45) is 4.17. The summed E-state index contributed by atoms with van der Waals surface area (Å²) in [4.78, 5) is 11.0. The van der Waals surface area contributed by atoms with E-state index >= 15 is 0 Å². The molecule has 2 nitrogen and oxygen atoms in total. The van der Waals surface area contributed by atoms with Crippen LogP contribution in [-0.4, -0.2) is 10.9 Å². The molecule has 0 aliphatic carbocycles. The molecular formula is C14H17NO. The molecular weight excluding hydrogens is 198 g/mol. The maximum absolute atomic E-state index is 11.0. The van der Waals surface area contributed by atoms with Crippen LogP contribution in [0, 0.1) is 5.92 Å². The van der Waals surface area contributed by atoms with Crippen molar-refractivity contribution in [3.05, 3.63) is 36.0 Å². The monoisotopic (exact) mass is 215 g/mol. The van der Waals surface area contributed by atoms with E-state index in [1.165, 1.54) is 0 Å². The van der Waals surface area contributed by atoms with Crippen LogP contribution < -0.4 is 0 Å². The van der Waals surface area contributed by atoms with Crippen molar-refractivity contribution in [3.63, 3.8) is 0 Å². The summed E-state index contributed by atoms with van der Waals surface area (Å²) in [5, 5.41) is 1.15. The third-order valence-electron chi connectivity index (χ3n) is 3.15. The predicted octanol–water partition coefficient (Wildman–Crippen LogP) is 3.50. The summed E-state index contributed by atoms with van der Waals surface area (Å²) >= 11 is 0. The summed E-state index contributed by atoms with van der Waals surface area (Å²) < 4.78 is 2.19. The number of hydrogen-bond donors (Lipinski definition) is 0. The van der Waals surface area contributed by atoms with Crippen LogP contribution in [0.3, 0.4) is 0 Å². The van der Waals surface area contributed by atoms with Gasteiger partial charge in [0.15, 0.2) is 6.29 Å². The zero-order valence-corrected chi connectivity index (χ0v) is 9.81. The zero-order chi connectivity index (χ0) is 11.5. The molecule has 2 rings (SSSR count). The largest absolute Gasteiger partial charge is 0.347 e. The van der Waals surface area contributed by atoms with Gasteiger partial charge in [-0.15, -0.1) is 0 Å². The summed E-state index contributed by atoms with van der Waals surface area (Å²) in [7, 11) is 0. The van der Waals surface area contributed by atoms with Crippen LogP contribution in [0.4, 0.5) is 0 Å². The quantitative estimate of drug-likeness (QED) is 0.715. The molecule has 1 heterocycles.